The zero-order chi connectivity index (χ0) is 13.9. The summed E-state index contributed by atoms with van der Waals surface area (Å²) in [5.41, 5.74) is 9.57. The second kappa shape index (κ2) is 5.16. The quantitative estimate of drug-likeness (QED) is 0.789. The smallest absolute Gasteiger partial charge is 0.142 e. The Morgan fingerprint density at radius 1 is 1.10 bits per heavy atom. The molecule has 4 heteroatoms. The van der Waals surface area contributed by atoms with Gasteiger partial charge in [-0.05, 0) is 17.7 Å². The molecule has 0 fully saturated rings. The molecule has 0 saturated heterocycles. The van der Waals surface area contributed by atoms with Crippen molar-refractivity contribution in [3.05, 3.63) is 54.1 Å². The lowest BCUT2D eigenvalue weighted by Gasteiger charge is -2.05. The van der Waals surface area contributed by atoms with Gasteiger partial charge in [0.15, 0.2) is 0 Å². The van der Waals surface area contributed by atoms with E-state index in [0.717, 1.165) is 28.0 Å². The Labute approximate surface area is 117 Å². The number of benzene rings is 2. The number of nitriles is 1. The lowest BCUT2D eigenvalue weighted by molar-refractivity contribution is 0.870. The first-order valence-corrected chi connectivity index (χ1v) is 6.45. The van der Waals surface area contributed by atoms with Crippen LogP contribution >= 0.6 is 0 Å². The van der Waals surface area contributed by atoms with Gasteiger partial charge in [0, 0.05) is 12.1 Å². The Hall–Kier alpha value is -2.64. The monoisotopic (exact) mass is 262 g/mol. The first-order valence-electron chi connectivity index (χ1n) is 6.45. The summed E-state index contributed by atoms with van der Waals surface area (Å²) < 4.78 is 1.94. The zero-order valence-electron chi connectivity index (χ0n) is 11.0. The van der Waals surface area contributed by atoms with Gasteiger partial charge in [-0.25, -0.2) is 4.98 Å². The van der Waals surface area contributed by atoms with Crippen molar-refractivity contribution in [2.75, 3.05) is 0 Å². The Morgan fingerprint density at radius 3 is 2.55 bits per heavy atom. The van der Waals surface area contributed by atoms with Crippen LogP contribution in [-0.2, 0) is 13.1 Å². The Bertz CT molecular complexity index is 778. The first kappa shape index (κ1) is 12.4. The van der Waals surface area contributed by atoms with Crippen LogP contribution in [0.5, 0.6) is 0 Å². The molecule has 0 unspecified atom stereocenters. The van der Waals surface area contributed by atoms with Gasteiger partial charge in [-0.1, -0.05) is 36.4 Å². The van der Waals surface area contributed by atoms with Crippen molar-refractivity contribution in [2.45, 2.75) is 13.1 Å². The number of nitrogens with two attached hydrogens (primary N) is 1. The number of imidazole rings is 1. The second-order valence-electron chi connectivity index (χ2n) is 4.57. The standard InChI is InChI=1S/C16H14N4/c17-9-10-20-15-4-2-1-3-14(15)19-16(20)13-7-5-12(11-18)6-8-13/h1-8H,10-11,18H2. The van der Waals surface area contributed by atoms with Crippen LogP contribution in [0.3, 0.4) is 0 Å². The Morgan fingerprint density at radius 2 is 1.85 bits per heavy atom. The van der Waals surface area contributed by atoms with Crippen LogP contribution in [0.1, 0.15) is 5.56 Å². The van der Waals surface area contributed by atoms with Crippen LogP contribution in [0, 0.1) is 11.3 Å². The van der Waals surface area contributed by atoms with Crippen LogP contribution < -0.4 is 5.73 Å². The van der Waals surface area contributed by atoms with Gasteiger partial charge in [-0.2, -0.15) is 5.26 Å². The van der Waals surface area contributed by atoms with Gasteiger partial charge in [0.1, 0.15) is 12.4 Å². The maximum Gasteiger partial charge on any atom is 0.142 e. The van der Waals surface area contributed by atoms with Gasteiger partial charge in [-0.15, -0.1) is 0 Å². The van der Waals surface area contributed by atoms with E-state index < -0.39 is 0 Å². The summed E-state index contributed by atoms with van der Waals surface area (Å²) in [4.78, 5) is 4.64. The van der Waals surface area contributed by atoms with Crippen molar-refractivity contribution >= 4 is 11.0 Å². The van der Waals surface area contributed by atoms with Gasteiger partial charge in [0.2, 0.25) is 0 Å². The number of rotatable bonds is 3. The van der Waals surface area contributed by atoms with E-state index in [1.807, 2.05) is 53.1 Å². The van der Waals surface area contributed by atoms with Crippen LogP contribution in [0.15, 0.2) is 48.5 Å². The minimum absolute atomic E-state index is 0.286. The number of hydrogen-bond acceptors (Lipinski definition) is 3. The van der Waals surface area contributed by atoms with Crippen molar-refractivity contribution in [1.29, 1.82) is 5.26 Å². The summed E-state index contributed by atoms with van der Waals surface area (Å²) in [6.45, 7) is 0.809. The van der Waals surface area contributed by atoms with Gasteiger partial charge >= 0.3 is 0 Å². The van der Waals surface area contributed by atoms with E-state index in [9.17, 15) is 0 Å². The minimum atomic E-state index is 0.286. The summed E-state index contributed by atoms with van der Waals surface area (Å²) in [7, 11) is 0. The highest BCUT2D eigenvalue weighted by molar-refractivity contribution is 5.80. The molecule has 3 aromatic rings. The van der Waals surface area contributed by atoms with Crippen LogP contribution in [0.25, 0.3) is 22.4 Å². The molecule has 1 heterocycles. The third-order valence-electron chi connectivity index (χ3n) is 3.33. The molecule has 2 aromatic carbocycles. The number of fused-ring (bicyclic) bond motifs is 1. The molecule has 2 N–H and O–H groups in total. The van der Waals surface area contributed by atoms with E-state index in [-0.39, 0.29) is 6.54 Å². The highest BCUT2D eigenvalue weighted by Crippen LogP contribution is 2.24. The molecule has 0 atom stereocenters. The summed E-state index contributed by atoms with van der Waals surface area (Å²) >= 11 is 0. The second-order valence-corrected chi connectivity index (χ2v) is 4.57. The largest absolute Gasteiger partial charge is 0.326 e. The van der Waals surface area contributed by atoms with Crippen LogP contribution in [0.4, 0.5) is 0 Å². The molecule has 0 bridgehead atoms. The molecule has 20 heavy (non-hydrogen) atoms. The predicted octanol–water partition coefficient (Wildman–Crippen LogP) is 2.69. The zero-order valence-corrected chi connectivity index (χ0v) is 11.0. The molecule has 0 saturated carbocycles. The number of para-hydroxylation sites is 2. The van der Waals surface area contributed by atoms with E-state index in [4.69, 9.17) is 11.0 Å². The summed E-state index contributed by atoms with van der Waals surface area (Å²) in [6.07, 6.45) is 0. The first-order chi connectivity index (χ1) is 9.83. The minimum Gasteiger partial charge on any atom is -0.326 e. The highest BCUT2D eigenvalue weighted by atomic mass is 15.1. The highest BCUT2D eigenvalue weighted by Gasteiger charge is 2.11. The van der Waals surface area contributed by atoms with Gasteiger partial charge in [0.25, 0.3) is 0 Å². The maximum atomic E-state index is 9.04. The molecule has 98 valence electrons. The topological polar surface area (TPSA) is 67.6 Å². The third kappa shape index (κ3) is 2.04. The normalized spacial score (nSPS) is 10.6. The Balaban J connectivity index is 2.18. The molecule has 0 aliphatic carbocycles. The average Bonchev–Trinajstić information content (AvgIpc) is 2.87. The fourth-order valence-electron chi connectivity index (χ4n) is 2.32. The molecular weight excluding hydrogens is 248 g/mol. The summed E-state index contributed by atoms with van der Waals surface area (Å²) in [5.74, 6) is 0.816. The molecule has 0 amide bonds. The Kier molecular flexibility index (Phi) is 3.20. The van der Waals surface area contributed by atoms with E-state index in [0.29, 0.717) is 6.54 Å². The number of hydrogen-bond donors (Lipinski definition) is 1. The van der Waals surface area contributed by atoms with Crippen LogP contribution in [-0.4, -0.2) is 9.55 Å². The van der Waals surface area contributed by atoms with Crippen molar-refractivity contribution < 1.29 is 0 Å². The van der Waals surface area contributed by atoms with E-state index in [1.54, 1.807) is 0 Å². The molecule has 4 nitrogen and oxygen atoms in total. The average molecular weight is 262 g/mol. The van der Waals surface area contributed by atoms with Gasteiger partial charge in [0.05, 0.1) is 17.1 Å². The lowest BCUT2D eigenvalue weighted by Crippen LogP contribution is -1.99. The van der Waals surface area contributed by atoms with Crippen molar-refractivity contribution in [3.8, 4) is 17.5 Å². The number of nitrogens with zero attached hydrogens (tertiary/aromatic N) is 3. The number of aromatic nitrogens is 2. The SMILES string of the molecule is N#CCn1c(-c2ccc(CN)cc2)nc2ccccc21. The van der Waals surface area contributed by atoms with Crippen molar-refractivity contribution in [3.63, 3.8) is 0 Å². The van der Waals surface area contributed by atoms with E-state index in [2.05, 4.69) is 11.1 Å². The van der Waals surface area contributed by atoms with E-state index in [1.165, 1.54) is 0 Å². The van der Waals surface area contributed by atoms with Gasteiger partial charge in [-0.3, -0.25) is 0 Å². The van der Waals surface area contributed by atoms with Crippen LogP contribution in [0.2, 0.25) is 0 Å². The van der Waals surface area contributed by atoms with Crippen molar-refractivity contribution in [2.24, 2.45) is 5.73 Å². The summed E-state index contributed by atoms with van der Waals surface area (Å²) in [6, 6.07) is 18.0. The molecule has 0 radical (unpaired) electrons. The molecule has 1 aromatic heterocycles. The summed E-state index contributed by atoms with van der Waals surface area (Å²) in [5, 5.41) is 9.04. The molecule has 0 aliphatic rings. The molecular formula is C16H14N4. The van der Waals surface area contributed by atoms with E-state index >= 15 is 0 Å². The predicted molar refractivity (Wildman–Crippen MR) is 78.7 cm³/mol. The third-order valence-corrected chi connectivity index (χ3v) is 3.33. The maximum absolute atomic E-state index is 9.04. The fourth-order valence-corrected chi connectivity index (χ4v) is 2.32. The fraction of sp³-hybridized carbons (Fsp3) is 0.125. The lowest BCUT2D eigenvalue weighted by atomic mass is 10.1. The van der Waals surface area contributed by atoms with Crippen molar-refractivity contribution in [1.82, 2.24) is 9.55 Å². The van der Waals surface area contributed by atoms with Gasteiger partial charge < -0.3 is 10.3 Å². The molecule has 3 rings (SSSR count). The molecule has 0 spiro atoms. The molecule has 0 aliphatic heterocycles.